The van der Waals surface area contributed by atoms with Gasteiger partial charge < -0.3 is 10.1 Å². The zero-order valence-electron chi connectivity index (χ0n) is 13.4. The smallest absolute Gasteiger partial charge is 0.422 e. The number of hydrogen-bond donors (Lipinski definition) is 1. The molecule has 0 bridgehead atoms. The van der Waals surface area contributed by atoms with Crippen LogP contribution in [0.1, 0.15) is 32.3 Å². The van der Waals surface area contributed by atoms with Gasteiger partial charge in [0.2, 0.25) is 5.91 Å². The Hall–Kier alpha value is -1.88. The summed E-state index contributed by atoms with van der Waals surface area (Å²) in [5.74, 6) is 0.487. The van der Waals surface area contributed by atoms with Gasteiger partial charge in [-0.3, -0.25) is 4.79 Å². The minimum atomic E-state index is -4.48. The second-order valence-corrected chi connectivity index (χ2v) is 6.53. The van der Waals surface area contributed by atoms with Crippen LogP contribution < -0.4 is 10.1 Å². The van der Waals surface area contributed by atoms with E-state index in [0.29, 0.717) is 5.69 Å². The standard InChI is InChI=1S/C16H19F3N2O2S/c1-3-4-7-24-11(2)15(22)21-13-5-6-14(12(8-13)9-20)23-10-16(17,18)19/h5-6,8,11H,3-4,7,10H2,1-2H3,(H,21,22). The highest BCUT2D eigenvalue weighted by atomic mass is 32.2. The Bertz CT molecular complexity index is 600. The van der Waals surface area contributed by atoms with E-state index in [4.69, 9.17) is 5.26 Å². The summed E-state index contributed by atoms with van der Waals surface area (Å²) in [6.45, 7) is 2.37. The lowest BCUT2D eigenvalue weighted by atomic mass is 10.2. The summed E-state index contributed by atoms with van der Waals surface area (Å²) in [4.78, 5) is 12.1. The molecule has 8 heteroatoms. The van der Waals surface area contributed by atoms with Crippen LogP contribution in [0.3, 0.4) is 0 Å². The summed E-state index contributed by atoms with van der Waals surface area (Å²) in [5.41, 5.74) is 0.280. The van der Waals surface area contributed by atoms with Gasteiger partial charge in [0.1, 0.15) is 11.8 Å². The summed E-state index contributed by atoms with van der Waals surface area (Å²) < 4.78 is 41.1. The van der Waals surface area contributed by atoms with Crippen molar-refractivity contribution < 1.29 is 22.7 Å². The molecular formula is C16H19F3N2O2S. The number of halogens is 3. The monoisotopic (exact) mass is 360 g/mol. The molecule has 0 saturated carbocycles. The molecule has 0 spiro atoms. The molecule has 132 valence electrons. The van der Waals surface area contributed by atoms with Crippen molar-refractivity contribution in [3.63, 3.8) is 0 Å². The summed E-state index contributed by atoms with van der Waals surface area (Å²) in [7, 11) is 0. The first-order chi connectivity index (χ1) is 11.3. The molecule has 0 aliphatic rings. The quantitative estimate of drug-likeness (QED) is 0.700. The molecule has 0 saturated heterocycles. The SMILES string of the molecule is CCCCSC(C)C(=O)Nc1ccc(OCC(F)(F)F)c(C#N)c1. The topological polar surface area (TPSA) is 62.1 Å². The van der Waals surface area contributed by atoms with Crippen LogP contribution in [0.15, 0.2) is 18.2 Å². The average Bonchev–Trinajstić information content (AvgIpc) is 2.52. The van der Waals surface area contributed by atoms with Gasteiger partial charge in [0.15, 0.2) is 6.61 Å². The number of benzene rings is 1. The molecule has 4 nitrogen and oxygen atoms in total. The third kappa shape index (κ3) is 7.13. The van der Waals surface area contributed by atoms with Crippen molar-refractivity contribution in [3.05, 3.63) is 23.8 Å². The number of ether oxygens (including phenoxy) is 1. The zero-order valence-corrected chi connectivity index (χ0v) is 14.3. The van der Waals surface area contributed by atoms with Gasteiger partial charge in [-0.05, 0) is 37.3 Å². The summed E-state index contributed by atoms with van der Waals surface area (Å²) in [6, 6.07) is 5.72. The normalized spacial score (nSPS) is 12.3. The Morgan fingerprint density at radius 3 is 2.75 bits per heavy atom. The third-order valence-corrected chi connectivity index (χ3v) is 4.23. The van der Waals surface area contributed by atoms with Gasteiger partial charge in [-0.25, -0.2) is 0 Å². The van der Waals surface area contributed by atoms with Crippen LogP contribution in [0.4, 0.5) is 18.9 Å². The lowest BCUT2D eigenvalue weighted by molar-refractivity contribution is -0.153. The number of amides is 1. The van der Waals surface area contributed by atoms with Gasteiger partial charge in [0.05, 0.1) is 10.8 Å². The van der Waals surface area contributed by atoms with Gasteiger partial charge in [0, 0.05) is 5.69 Å². The van der Waals surface area contributed by atoms with E-state index in [1.807, 2.05) is 0 Å². The van der Waals surface area contributed by atoms with Crippen molar-refractivity contribution in [2.75, 3.05) is 17.7 Å². The highest BCUT2D eigenvalue weighted by Gasteiger charge is 2.29. The van der Waals surface area contributed by atoms with Gasteiger partial charge in [-0.2, -0.15) is 18.4 Å². The number of carbonyl (C=O) groups excluding carboxylic acids is 1. The fourth-order valence-corrected chi connectivity index (χ4v) is 2.72. The minimum Gasteiger partial charge on any atom is -0.483 e. The fourth-order valence-electron chi connectivity index (χ4n) is 1.70. The number of thioether (sulfide) groups is 1. The largest absolute Gasteiger partial charge is 0.483 e. The van der Waals surface area contributed by atoms with Crippen LogP contribution in [0.25, 0.3) is 0 Å². The molecule has 1 unspecified atom stereocenters. The number of alkyl halides is 3. The first kappa shape index (κ1) is 20.2. The molecular weight excluding hydrogens is 341 g/mol. The Labute approximate surface area is 143 Å². The van der Waals surface area contributed by atoms with Gasteiger partial charge in [-0.1, -0.05) is 13.3 Å². The van der Waals surface area contributed by atoms with E-state index in [1.165, 1.54) is 30.0 Å². The Balaban J connectivity index is 2.70. The highest BCUT2D eigenvalue weighted by molar-refractivity contribution is 8.00. The number of unbranched alkanes of at least 4 members (excludes halogenated alkanes) is 1. The molecule has 0 radical (unpaired) electrons. The number of nitrogens with zero attached hydrogens (tertiary/aromatic N) is 1. The predicted molar refractivity (Wildman–Crippen MR) is 88.2 cm³/mol. The maximum Gasteiger partial charge on any atom is 0.422 e. The van der Waals surface area contributed by atoms with Crippen LogP contribution in [-0.2, 0) is 4.79 Å². The first-order valence-electron chi connectivity index (χ1n) is 7.43. The maximum atomic E-state index is 12.2. The van der Waals surface area contributed by atoms with Crippen LogP contribution in [-0.4, -0.2) is 29.7 Å². The molecule has 0 aliphatic heterocycles. The van der Waals surface area contributed by atoms with Crippen molar-refractivity contribution in [3.8, 4) is 11.8 Å². The summed E-state index contributed by atoms with van der Waals surface area (Å²) >= 11 is 1.53. The third-order valence-electron chi connectivity index (χ3n) is 2.99. The number of hydrogen-bond acceptors (Lipinski definition) is 4. The second kappa shape index (κ2) is 9.42. The lowest BCUT2D eigenvalue weighted by Crippen LogP contribution is -2.23. The molecule has 1 aromatic rings. The molecule has 0 aliphatic carbocycles. The average molecular weight is 360 g/mol. The molecule has 0 heterocycles. The number of carbonyl (C=O) groups is 1. The Kier molecular flexibility index (Phi) is 7.92. The van der Waals surface area contributed by atoms with Crippen molar-refractivity contribution in [1.29, 1.82) is 5.26 Å². The molecule has 1 rings (SSSR count). The van der Waals surface area contributed by atoms with Crippen LogP contribution in [0, 0.1) is 11.3 Å². The Morgan fingerprint density at radius 1 is 1.46 bits per heavy atom. The molecule has 0 fully saturated rings. The maximum absolute atomic E-state index is 12.2. The van der Waals surface area contributed by atoms with Crippen LogP contribution >= 0.6 is 11.8 Å². The molecule has 0 aromatic heterocycles. The van der Waals surface area contributed by atoms with Crippen LogP contribution in [0.2, 0.25) is 0 Å². The predicted octanol–water partition coefficient (Wildman–Crippen LogP) is 4.36. The van der Waals surface area contributed by atoms with Gasteiger partial charge in [0.25, 0.3) is 0 Å². The van der Waals surface area contributed by atoms with E-state index in [1.54, 1.807) is 13.0 Å². The number of anilines is 1. The Morgan fingerprint density at radius 2 is 2.17 bits per heavy atom. The molecule has 1 N–H and O–H groups in total. The van der Waals surface area contributed by atoms with E-state index in [9.17, 15) is 18.0 Å². The van der Waals surface area contributed by atoms with E-state index in [2.05, 4.69) is 17.0 Å². The van der Waals surface area contributed by atoms with E-state index < -0.39 is 12.8 Å². The summed E-state index contributed by atoms with van der Waals surface area (Å²) in [6.07, 6.45) is -2.41. The lowest BCUT2D eigenvalue weighted by Gasteiger charge is -2.14. The molecule has 24 heavy (non-hydrogen) atoms. The first-order valence-corrected chi connectivity index (χ1v) is 8.48. The minimum absolute atomic E-state index is 0.0664. The molecule has 1 atom stereocenters. The number of rotatable bonds is 8. The molecule has 1 amide bonds. The van der Waals surface area contributed by atoms with E-state index >= 15 is 0 Å². The van der Waals surface area contributed by atoms with Gasteiger partial charge >= 0.3 is 6.18 Å². The van der Waals surface area contributed by atoms with Crippen LogP contribution in [0.5, 0.6) is 5.75 Å². The van der Waals surface area contributed by atoms with E-state index in [0.717, 1.165) is 18.6 Å². The summed E-state index contributed by atoms with van der Waals surface area (Å²) in [5, 5.41) is 11.4. The van der Waals surface area contributed by atoms with Crippen molar-refractivity contribution in [2.45, 2.75) is 38.1 Å². The van der Waals surface area contributed by atoms with Gasteiger partial charge in [-0.15, -0.1) is 11.8 Å². The number of nitrogens with one attached hydrogen (secondary N) is 1. The van der Waals surface area contributed by atoms with Crippen molar-refractivity contribution >= 4 is 23.4 Å². The molecule has 1 aromatic carbocycles. The van der Waals surface area contributed by atoms with Crippen molar-refractivity contribution in [1.82, 2.24) is 0 Å². The highest BCUT2D eigenvalue weighted by Crippen LogP contribution is 2.25. The van der Waals surface area contributed by atoms with Crippen molar-refractivity contribution in [2.24, 2.45) is 0 Å². The number of nitriles is 1. The zero-order chi connectivity index (χ0) is 18.2. The second-order valence-electron chi connectivity index (χ2n) is 5.08. The van der Waals surface area contributed by atoms with E-state index in [-0.39, 0.29) is 22.5 Å². The fraction of sp³-hybridized carbons (Fsp3) is 0.500.